The number of phenolic OH excluding ortho intramolecular Hbond substituents is 1. The first-order chi connectivity index (χ1) is 67.4. The molecule has 2 aliphatic carbocycles. The first kappa shape index (κ1) is 111. The van der Waals surface area contributed by atoms with E-state index in [1.165, 1.54) is 136 Å². The number of nitrogens with two attached hydrogens (primary N) is 1. The number of amides is 4. The van der Waals surface area contributed by atoms with E-state index >= 15 is 0 Å². The highest BCUT2D eigenvalue weighted by Gasteiger charge is 2.58. The number of carbonyl (C=O) groups excluding carboxylic acids is 13. The predicted octanol–water partition coefficient (Wildman–Crippen LogP) is 19.4. The number of halogens is 6. The molecule has 0 bridgehead atoms. The first-order valence-electron chi connectivity index (χ1n) is 42.8. The van der Waals surface area contributed by atoms with Gasteiger partial charge in [0.1, 0.15) is 46.1 Å². The molecule has 9 N–H and O–H groups in total. The van der Waals surface area contributed by atoms with E-state index in [2.05, 4.69) is 94.2 Å². The van der Waals surface area contributed by atoms with E-state index in [1.807, 2.05) is 32.9 Å². The minimum Gasteiger partial charge on any atom is -0.508 e. The third-order valence-electron chi connectivity index (χ3n) is 21.1. The van der Waals surface area contributed by atoms with Gasteiger partial charge in [0.2, 0.25) is 23.6 Å². The number of H-pyrrole nitrogens is 1. The zero-order valence-electron chi connectivity index (χ0n) is 79.1. The maximum absolute atomic E-state index is 13.1. The summed E-state index contributed by atoms with van der Waals surface area (Å²) in [6.45, 7) is 15.0. The number of fused-ring (bicyclic) bond motifs is 3. The van der Waals surface area contributed by atoms with Crippen LogP contribution in [0.5, 0.6) is 17.2 Å². The van der Waals surface area contributed by atoms with Crippen molar-refractivity contribution >= 4 is 195 Å². The molecule has 12 aromatic rings. The van der Waals surface area contributed by atoms with Gasteiger partial charge in [0, 0.05) is 109 Å². The van der Waals surface area contributed by atoms with Crippen molar-refractivity contribution in [1.29, 1.82) is 0 Å². The number of aryl methyl sites for hydroxylation is 5. The molecule has 0 atom stereocenters. The predicted molar refractivity (Wildman–Crippen MR) is 530 cm³/mol. The molecule has 5 heterocycles. The summed E-state index contributed by atoms with van der Waals surface area (Å²) in [7, 11) is 6.67. The molecule has 16 rings (SSSR count). The van der Waals surface area contributed by atoms with E-state index in [1.54, 1.807) is 142 Å². The molecule has 0 unspecified atom stereocenters. The van der Waals surface area contributed by atoms with E-state index in [0.29, 0.717) is 126 Å². The van der Waals surface area contributed by atoms with Crippen LogP contribution in [0.3, 0.4) is 0 Å². The Bertz CT molecular complexity index is 6910. The highest BCUT2D eigenvalue weighted by atomic mass is 36.0. The number of methoxy groups -OCH3 is 5. The number of hydrogen-bond acceptors (Lipinski definition) is 30. The van der Waals surface area contributed by atoms with Crippen molar-refractivity contribution in [3.63, 3.8) is 0 Å². The van der Waals surface area contributed by atoms with Crippen molar-refractivity contribution in [1.82, 2.24) is 15.0 Å². The number of ether oxygens (including phenoxy) is 10. The van der Waals surface area contributed by atoms with Gasteiger partial charge < -0.3 is 89.8 Å². The lowest BCUT2D eigenvalue weighted by atomic mass is 10.0. The summed E-state index contributed by atoms with van der Waals surface area (Å²) in [5.74, 6) is -8.22. The summed E-state index contributed by atoms with van der Waals surface area (Å²) < 4.78 is 84.3. The molecule has 42 heteroatoms. The van der Waals surface area contributed by atoms with Gasteiger partial charge in [-0.15, -0.1) is 0 Å². The summed E-state index contributed by atoms with van der Waals surface area (Å²) in [5, 5.41) is 22.4. The number of aromatic nitrogens is 3. The van der Waals surface area contributed by atoms with Gasteiger partial charge in [-0.05, 0) is 292 Å². The normalized spacial score (nSPS) is 13.7. The van der Waals surface area contributed by atoms with Crippen LogP contribution in [0.4, 0.5) is 42.9 Å². The van der Waals surface area contributed by atoms with Gasteiger partial charge in [0.05, 0.1) is 84.9 Å². The molecule has 0 spiro atoms. The van der Waals surface area contributed by atoms with Gasteiger partial charge in [-0.1, -0.05) is 23.7 Å². The summed E-state index contributed by atoms with van der Waals surface area (Å²) in [6.07, 6.45) is 7.46. The molecule has 2 saturated carbocycles. The number of benzene rings is 9. The van der Waals surface area contributed by atoms with Crippen molar-refractivity contribution < 1.29 is 128 Å². The number of hydrogen-bond donors (Lipinski definition) is 8. The largest absolute Gasteiger partial charge is 0.508 e. The average Bonchev–Trinajstić information content (AvgIpc) is 1.60. The van der Waals surface area contributed by atoms with E-state index in [0.717, 1.165) is 38.6 Å². The quantitative estimate of drug-likeness (QED) is 0.00613. The van der Waals surface area contributed by atoms with Gasteiger partial charge in [0.15, 0.2) is 11.0 Å². The lowest BCUT2D eigenvalue weighted by Gasteiger charge is -2.29. The zero-order chi connectivity index (χ0) is 105. The monoisotopic (exact) mass is 2060 g/mol. The van der Waals surface area contributed by atoms with Crippen molar-refractivity contribution in [3.05, 3.63) is 301 Å². The van der Waals surface area contributed by atoms with Crippen molar-refractivity contribution in [2.24, 2.45) is 10.8 Å². The minimum absolute atomic E-state index is 0.0618. The van der Waals surface area contributed by atoms with E-state index in [9.17, 15) is 85.6 Å². The Labute approximate surface area is 835 Å². The highest BCUT2D eigenvalue weighted by molar-refractivity contribution is 8.24. The molecule has 3 aromatic heterocycles. The lowest BCUT2D eigenvalue weighted by Crippen LogP contribution is -2.42. The second-order valence-corrected chi connectivity index (χ2v) is 39.6. The van der Waals surface area contributed by atoms with Gasteiger partial charge >= 0.3 is 58.9 Å². The maximum atomic E-state index is 13.1. The molecule has 143 heavy (non-hydrogen) atoms. The van der Waals surface area contributed by atoms with Crippen LogP contribution in [0.1, 0.15) is 139 Å². The molecule has 9 aromatic carbocycles. The topological polar surface area (TPSA) is 496 Å². The zero-order valence-corrected chi connectivity index (χ0v) is 83.0. The van der Waals surface area contributed by atoms with Crippen LogP contribution in [0, 0.1) is 57.1 Å². The average molecular weight is 2060 g/mol. The van der Waals surface area contributed by atoms with Gasteiger partial charge in [-0.2, -0.15) is 0 Å². The number of rotatable bonds is 17. The van der Waals surface area contributed by atoms with Gasteiger partial charge in [0.25, 0.3) is 11.6 Å². The summed E-state index contributed by atoms with van der Waals surface area (Å²) in [6, 6.07) is 49.0. The molecule has 0 radical (unpaired) electrons. The molecular weight excluding hydrogens is 1970 g/mol. The maximum Gasteiger partial charge on any atom is 0.350 e. The number of cyclic esters (lactones) is 4. The molecule has 4 fully saturated rings. The number of aromatic amines is 1. The molecular formula is C101H96Cl4F2N9O26P. The molecule has 2 aliphatic heterocycles. The molecule has 4 aliphatic rings. The Morgan fingerprint density at radius 1 is 0.448 bits per heavy atom. The minimum atomic E-state index is -3.22. The number of nitrogens with zero attached hydrogens (tertiary/aromatic N) is 2. The first-order valence-corrected chi connectivity index (χ1v) is 47.6. The number of phenols is 1. The van der Waals surface area contributed by atoms with E-state index < -0.39 is 98.7 Å². The number of nitrogen functional groups attached to an aromatic ring is 1. The Kier molecular flexibility index (Phi) is 38.0. The van der Waals surface area contributed by atoms with E-state index in [4.69, 9.17) is 45.8 Å². The second-order valence-electron chi connectivity index (χ2n) is 32.6. The van der Waals surface area contributed by atoms with Crippen LogP contribution in [-0.2, 0) is 85.6 Å². The van der Waals surface area contributed by atoms with Crippen LogP contribution in [0.2, 0.25) is 5.02 Å². The lowest BCUT2D eigenvalue weighted by molar-refractivity contribution is -0.231. The smallest absolute Gasteiger partial charge is 0.350 e. The summed E-state index contributed by atoms with van der Waals surface area (Å²) >= 11 is 19.9. The standard InChI is InChI=1S/C29H24FN3O5.C17H15FN2O3.C16H17NO6.C12H10ClNO2.C12H11NO3.C9H11NO2.C6H8O4.Cl3OP/c1-17-15-23-24(16-22(17)26(34)37-2)31-14-11-25(23)38-21-9-7-20(8-10-21)33-28(36)29(12-13-29)27(35)32-19-5-3-18(30)4-6-19;18-11-1-3-12(4-2-11)19-15(22)17(9-10-17)16(23)20-13-5-7-14(21)8-6-13;1-9-5-6-10(7-11(9)13(18)21-4)17-8-12-14(19)22-16(2,3)23-15(12)20;1-7-5-9-10(13)3-4-14-11(9)6-8(7)12(15)16-2;1-7-5-9-10(13-4-3-11(9)14)6-8(7)12(15)16-2;1-6-3-4-7(10)5-8(6)9(11)12-2;1-6(2)9-4(7)3-5(8)10-6;1-5(2,3)4/h3-11,14-16H,12-13H2,1-2H3,(H,32,35)(H,33,36);1-8,21H,9-10H2,(H,19,22)(H,20,23);5-8,17H,1-4H3;3-6H,1-2H3;3-6H,1-2H3,(H,13,14);3-5H,10H2,1-2H3;3H2,1-2H3;. The second kappa shape index (κ2) is 48.9. The van der Waals surface area contributed by atoms with Gasteiger partial charge in [-0.25, -0.2) is 42.3 Å². The number of anilines is 6. The molecule has 4 amide bonds. The fourth-order valence-corrected chi connectivity index (χ4v) is 13.6. The number of nitrogens with one attached hydrogen (secondary N) is 6. The van der Waals surface area contributed by atoms with Crippen LogP contribution in [-0.4, -0.2) is 145 Å². The third kappa shape index (κ3) is 31.4. The van der Waals surface area contributed by atoms with Crippen LogP contribution < -0.4 is 42.5 Å². The summed E-state index contributed by atoms with van der Waals surface area (Å²) in [4.78, 5) is 176. The Morgan fingerprint density at radius 3 is 1.22 bits per heavy atom. The SMILES string of the molecule is CC1(C)OC(=O)CC(=O)O1.COC(=O)c1cc(N)ccc1C.COC(=O)c1cc(NC=C2C(=O)OC(C)(C)OC2=O)ccc1C.COC(=O)c1cc2[nH]ccc(=O)c2cc1C.COC(=O)c1cc2nccc(Cl)c2cc1C.COC(=O)c1cc2nccc(Oc3ccc(NC(=O)C4(C(=O)Nc5ccc(F)cc5)CC4)cc3)c2cc1C.O=C(Nc1ccc(O)cc1)C1(C(=O)Nc2ccc(F)cc2)CC1.O=P(Cl)(Cl)Cl. The fourth-order valence-electron chi connectivity index (χ4n) is 13.4. The van der Waals surface area contributed by atoms with Crippen molar-refractivity contribution in [2.45, 2.75) is 106 Å². The Hall–Kier alpha value is -15.7. The van der Waals surface area contributed by atoms with Crippen LogP contribution >= 0.6 is 50.5 Å². The number of pyridine rings is 3. The van der Waals surface area contributed by atoms with Crippen LogP contribution in [0.15, 0.2) is 223 Å². The van der Waals surface area contributed by atoms with E-state index in [-0.39, 0.29) is 41.0 Å². The number of esters is 9. The van der Waals surface area contributed by atoms with Crippen LogP contribution in [0.25, 0.3) is 32.7 Å². The molecule has 748 valence electrons. The highest BCUT2D eigenvalue weighted by Crippen LogP contribution is 2.61. The number of aromatic hydroxyl groups is 1. The molecule has 35 nitrogen and oxygen atoms in total. The Morgan fingerprint density at radius 2 is 0.804 bits per heavy atom. The third-order valence-corrected chi connectivity index (χ3v) is 21.5. The van der Waals surface area contributed by atoms with Gasteiger partial charge in [-0.3, -0.25) is 48.1 Å². The Balaban J connectivity index is 0.000000192. The number of carbonyl (C=O) groups is 13. The summed E-state index contributed by atoms with van der Waals surface area (Å²) in [5.41, 5.74) is 14.1. The van der Waals surface area contributed by atoms with Crippen molar-refractivity contribution in [2.75, 3.05) is 67.9 Å². The van der Waals surface area contributed by atoms with Crippen molar-refractivity contribution in [3.8, 4) is 17.2 Å². The molecule has 2 saturated heterocycles. The fraction of sp³-hybridized carbons (Fsp3) is 0.228.